The molecule has 2 N–H and O–H groups in total. The fraction of sp³-hybridized carbons (Fsp3) is 0.231. The molecule has 1 aromatic heterocycles. The maximum absolute atomic E-state index is 12.4. The molecule has 1 unspecified atom stereocenters. The Morgan fingerprint density at radius 2 is 1.95 bits per heavy atom. The number of carbonyl (C=O) groups is 1. The summed E-state index contributed by atoms with van der Waals surface area (Å²) in [6.07, 6.45) is -4.52. The van der Waals surface area contributed by atoms with E-state index >= 15 is 0 Å². The molecule has 2 aromatic rings. The number of thiazole rings is 1. The van der Waals surface area contributed by atoms with E-state index in [1.54, 1.807) is 31.2 Å². The third-order valence-electron chi connectivity index (χ3n) is 2.73. The number of aromatic nitrogens is 1. The Labute approximate surface area is 133 Å². The zero-order valence-corrected chi connectivity index (χ0v) is 12.8. The van der Waals surface area contributed by atoms with Crippen molar-refractivity contribution in [2.24, 2.45) is 0 Å². The number of rotatable bonds is 3. The van der Waals surface area contributed by atoms with Crippen LogP contribution in [0.15, 0.2) is 29.6 Å². The monoisotopic (exact) mass is 349 g/mol. The molecule has 1 aromatic carbocycles. The predicted molar refractivity (Wildman–Crippen MR) is 79.1 cm³/mol. The van der Waals surface area contributed by atoms with Gasteiger partial charge in [0.15, 0.2) is 10.8 Å². The Morgan fingerprint density at radius 3 is 2.50 bits per heavy atom. The normalized spacial score (nSPS) is 12.8. The van der Waals surface area contributed by atoms with Crippen LogP contribution in [-0.2, 0) is 6.18 Å². The Balaban J connectivity index is 1.95. The second kappa shape index (κ2) is 6.53. The number of carbonyl (C=O) groups excluding carboxylic acids is 1. The van der Waals surface area contributed by atoms with Gasteiger partial charge in [-0.15, -0.1) is 11.3 Å². The third-order valence-corrected chi connectivity index (χ3v) is 3.74. The lowest BCUT2D eigenvalue weighted by Crippen LogP contribution is -2.31. The molecule has 0 spiro atoms. The van der Waals surface area contributed by atoms with Gasteiger partial charge in [-0.3, -0.25) is 5.32 Å². The van der Waals surface area contributed by atoms with Crippen molar-refractivity contribution in [3.05, 3.63) is 45.9 Å². The number of benzene rings is 1. The van der Waals surface area contributed by atoms with Gasteiger partial charge in [0, 0.05) is 10.4 Å². The number of alkyl halides is 3. The first-order valence-electron chi connectivity index (χ1n) is 6.11. The van der Waals surface area contributed by atoms with Crippen LogP contribution in [0.1, 0.15) is 24.2 Å². The number of nitrogens with one attached hydrogen (secondary N) is 2. The smallest absolute Gasteiger partial charge is 0.331 e. The molecule has 118 valence electrons. The van der Waals surface area contributed by atoms with Crippen molar-refractivity contribution in [1.82, 2.24) is 10.3 Å². The summed E-state index contributed by atoms with van der Waals surface area (Å²) in [6, 6.07) is 5.90. The van der Waals surface area contributed by atoms with Gasteiger partial charge in [-0.1, -0.05) is 23.7 Å². The number of anilines is 1. The molecule has 1 heterocycles. The third kappa shape index (κ3) is 4.35. The molecule has 0 radical (unpaired) electrons. The predicted octanol–water partition coefficient (Wildman–Crippen LogP) is 4.70. The highest BCUT2D eigenvalue weighted by Crippen LogP contribution is 2.31. The number of hydrogen-bond donors (Lipinski definition) is 2. The van der Waals surface area contributed by atoms with Crippen LogP contribution in [0.5, 0.6) is 0 Å². The summed E-state index contributed by atoms with van der Waals surface area (Å²) in [5, 5.41) is 6.18. The molecule has 0 fully saturated rings. The number of nitrogens with zero attached hydrogens (tertiary/aromatic N) is 1. The summed E-state index contributed by atoms with van der Waals surface area (Å²) < 4.78 is 37.2. The van der Waals surface area contributed by atoms with Gasteiger partial charge >= 0.3 is 12.2 Å². The second-order valence-electron chi connectivity index (χ2n) is 4.41. The highest BCUT2D eigenvalue weighted by atomic mass is 35.5. The van der Waals surface area contributed by atoms with E-state index < -0.39 is 17.9 Å². The van der Waals surface area contributed by atoms with E-state index in [9.17, 15) is 18.0 Å². The van der Waals surface area contributed by atoms with E-state index in [-0.39, 0.29) is 11.2 Å². The van der Waals surface area contributed by atoms with Gasteiger partial charge in [0.1, 0.15) is 0 Å². The highest BCUT2D eigenvalue weighted by molar-refractivity contribution is 7.13. The second-order valence-corrected chi connectivity index (χ2v) is 5.70. The average Bonchev–Trinajstić information content (AvgIpc) is 2.87. The Morgan fingerprint density at radius 1 is 1.32 bits per heavy atom. The molecule has 9 heteroatoms. The van der Waals surface area contributed by atoms with Gasteiger partial charge in [0.2, 0.25) is 0 Å². The summed E-state index contributed by atoms with van der Waals surface area (Å²) >= 11 is 6.48. The zero-order valence-electron chi connectivity index (χ0n) is 11.2. The summed E-state index contributed by atoms with van der Waals surface area (Å²) in [5.74, 6) is 0. The van der Waals surface area contributed by atoms with Crippen molar-refractivity contribution in [2.45, 2.75) is 19.1 Å². The maximum Gasteiger partial charge on any atom is 0.434 e. The van der Waals surface area contributed by atoms with Crippen molar-refractivity contribution >= 4 is 34.1 Å². The molecule has 4 nitrogen and oxygen atoms in total. The number of halogens is 4. The van der Waals surface area contributed by atoms with Crippen molar-refractivity contribution in [3.63, 3.8) is 0 Å². The molecule has 0 saturated carbocycles. The average molecular weight is 350 g/mol. The lowest BCUT2D eigenvalue weighted by molar-refractivity contribution is -0.140. The van der Waals surface area contributed by atoms with Crippen molar-refractivity contribution in [3.8, 4) is 0 Å². The SMILES string of the molecule is CC(NC(=O)Nc1nc(C(F)(F)F)cs1)c1ccc(Cl)cc1. The molecule has 0 aliphatic carbocycles. The van der Waals surface area contributed by atoms with Crippen LogP contribution in [0.2, 0.25) is 5.02 Å². The first-order chi connectivity index (χ1) is 10.3. The summed E-state index contributed by atoms with van der Waals surface area (Å²) in [4.78, 5) is 15.1. The molecule has 0 bridgehead atoms. The number of amides is 2. The van der Waals surface area contributed by atoms with Crippen molar-refractivity contribution < 1.29 is 18.0 Å². The van der Waals surface area contributed by atoms with Gasteiger partial charge in [-0.05, 0) is 24.6 Å². The maximum atomic E-state index is 12.4. The van der Waals surface area contributed by atoms with E-state index in [0.717, 1.165) is 10.9 Å². The fourth-order valence-corrected chi connectivity index (χ4v) is 2.46. The van der Waals surface area contributed by atoms with Crippen molar-refractivity contribution in [2.75, 3.05) is 5.32 Å². The van der Waals surface area contributed by atoms with Crippen LogP contribution in [0, 0.1) is 0 Å². The van der Waals surface area contributed by atoms with Crippen molar-refractivity contribution in [1.29, 1.82) is 0 Å². The first kappa shape index (κ1) is 16.6. The molecular formula is C13H11ClF3N3OS. The Bertz CT molecular complexity index is 657. The molecule has 0 saturated heterocycles. The minimum absolute atomic E-state index is 0.117. The molecule has 1 atom stereocenters. The molecular weight excluding hydrogens is 339 g/mol. The topological polar surface area (TPSA) is 54.0 Å². The van der Waals surface area contributed by atoms with E-state index in [2.05, 4.69) is 15.6 Å². The number of urea groups is 1. The lowest BCUT2D eigenvalue weighted by Gasteiger charge is -2.14. The molecule has 2 amide bonds. The Kier molecular flexibility index (Phi) is 4.92. The first-order valence-corrected chi connectivity index (χ1v) is 7.37. The van der Waals surface area contributed by atoms with Crippen LogP contribution in [0.25, 0.3) is 0 Å². The molecule has 22 heavy (non-hydrogen) atoms. The van der Waals surface area contributed by atoms with Crippen LogP contribution < -0.4 is 10.6 Å². The molecule has 0 aliphatic heterocycles. The van der Waals surface area contributed by atoms with E-state index in [0.29, 0.717) is 16.4 Å². The van der Waals surface area contributed by atoms with E-state index in [1.165, 1.54) is 0 Å². The highest BCUT2D eigenvalue weighted by Gasteiger charge is 2.33. The standard InChI is InChI=1S/C13H11ClF3N3OS/c1-7(8-2-4-9(14)5-3-8)18-11(21)20-12-19-10(6-22-12)13(15,16)17/h2-7H,1H3,(H2,18,19,20,21). The van der Waals surface area contributed by atoms with Crippen LogP contribution in [0.4, 0.5) is 23.1 Å². The lowest BCUT2D eigenvalue weighted by atomic mass is 10.1. The zero-order chi connectivity index (χ0) is 16.3. The Hall–Kier alpha value is -1.80. The van der Waals surface area contributed by atoms with Gasteiger partial charge < -0.3 is 5.32 Å². The summed E-state index contributed by atoms with van der Waals surface area (Å²) in [5.41, 5.74) is -0.215. The van der Waals surface area contributed by atoms with Gasteiger partial charge in [-0.25, -0.2) is 9.78 Å². The minimum Gasteiger partial charge on any atom is -0.331 e. The summed E-state index contributed by atoms with van der Waals surface area (Å²) in [6.45, 7) is 1.74. The molecule has 2 rings (SSSR count). The van der Waals surface area contributed by atoms with E-state index in [4.69, 9.17) is 11.6 Å². The quantitative estimate of drug-likeness (QED) is 0.844. The van der Waals surface area contributed by atoms with Gasteiger partial charge in [0.05, 0.1) is 6.04 Å². The van der Waals surface area contributed by atoms with E-state index in [1.807, 2.05) is 0 Å². The van der Waals surface area contributed by atoms with Crippen LogP contribution in [0.3, 0.4) is 0 Å². The fourth-order valence-electron chi connectivity index (χ4n) is 1.63. The number of hydrogen-bond acceptors (Lipinski definition) is 3. The van der Waals surface area contributed by atoms with Crippen LogP contribution >= 0.6 is 22.9 Å². The van der Waals surface area contributed by atoms with Gasteiger partial charge in [-0.2, -0.15) is 13.2 Å². The molecule has 0 aliphatic rings. The van der Waals surface area contributed by atoms with Gasteiger partial charge in [0.25, 0.3) is 0 Å². The summed E-state index contributed by atoms with van der Waals surface area (Å²) in [7, 11) is 0. The van der Waals surface area contributed by atoms with Crippen LogP contribution in [-0.4, -0.2) is 11.0 Å². The minimum atomic E-state index is -4.52. The largest absolute Gasteiger partial charge is 0.434 e.